The number of carbonyl (C=O) groups excluding carboxylic acids is 4. The Morgan fingerprint density at radius 2 is 1.75 bits per heavy atom. The quantitative estimate of drug-likeness (QED) is 0.283. The lowest BCUT2D eigenvalue weighted by Gasteiger charge is -2.33. The van der Waals surface area contributed by atoms with Crippen molar-refractivity contribution in [3.05, 3.63) is 42.6 Å². The van der Waals surface area contributed by atoms with Crippen LogP contribution in [0.1, 0.15) is 91.4 Å². The molecule has 2 aliphatic heterocycles. The van der Waals surface area contributed by atoms with Gasteiger partial charge in [-0.3, -0.25) is 19.1 Å². The van der Waals surface area contributed by atoms with Gasteiger partial charge < -0.3 is 29.7 Å². The number of amides is 4. The predicted molar refractivity (Wildman–Crippen MR) is 210 cm³/mol. The Morgan fingerprint density at radius 1 is 1.00 bits per heavy atom. The molecular formula is C42H55N5O9S. The fourth-order valence-electron chi connectivity index (χ4n) is 9.29. The van der Waals surface area contributed by atoms with Crippen molar-refractivity contribution in [1.29, 1.82) is 0 Å². The van der Waals surface area contributed by atoms with Crippen LogP contribution in [0.5, 0.6) is 11.6 Å². The molecule has 1 aromatic heterocycles. The second-order valence-corrected chi connectivity index (χ2v) is 19.4. The molecule has 3 heterocycles. The Hall–Kier alpha value is -4.40. The van der Waals surface area contributed by atoms with E-state index < -0.39 is 68.7 Å². The molecule has 5 fully saturated rings. The molecule has 3 N–H and O–H groups in total. The average Bonchev–Trinajstić information content (AvgIpc) is 4.14. The van der Waals surface area contributed by atoms with Gasteiger partial charge in [-0.15, -0.1) is 0 Å². The molecular weight excluding hydrogens is 751 g/mol. The van der Waals surface area contributed by atoms with Gasteiger partial charge in [-0.25, -0.2) is 18.2 Å². The van der Waals surface area contributed by atoms with E-state index in [1.165, 1.54) is 11.3 Å². The van der Waals surface area contributed by atoms with E-state index in [-0.39, 0.29) is 37.3 Å². The van der Waals surface area contributed by atoms with Crippen molar-refractivity contribution in [2.24, 2.45) is 29.6 Å². The van der Waals surface area contributed by atoms with Gasteiger partial charge in [0.15, 0.2) is 0 Å². The number of pyridine rings is 1. The maximum Gasteiger partial charge on any atom is 0.408 e. The van der Waals surface area contributed by atoms with E-state index in [2.05, 4.69) is 27.3 Å². The van der Waals surface area contributed by atoms with Crippen LogP contribution in [0.25, 0.3) is 10.8 Å². The van der Waals surface area contributed by atoms with E-state index in [0.717, 1.165) is 31.1 Å². The minimum Gasteiger partial charge on any atom is -0.491 e. The summed E-state index contributed by atoms with van der Waals surface area (Å²) in [7, 11) is -3.90. The highest BCUT2D eigenvalue weighted by Crippen LogP contribution is 2.52. The molecule has 4 saturated carbocycles. The summed E-state index contributed by atoms with van der Waals surface area (Å²) < 4.78 is 46.4. The number of sulfonamides is 1. The highest BCUT2D eigenvalue weighted by atomic mass is 32.2. The zero-order chi connectivity index (χ0) is 40.1. The van der Waals surface area contributed by atoms with Crippen LogP contribution in [0.4, 0.5) is 4.79 Å². The summed E-state index contributed by atoms with van der Waals surface area (Å²) in [6.07, 6.45) is 11.0. The minimum atomic E-state index is -3.90. The summed E-state index contributed by atoms with van der Waals surface area (Å²) in [5.74, 6) is -0.252. The van der Waals surface area contributed by atoms with Gasteiger partial charge in [0, 0.05) is 23.1 Å². The molecule has 14 nitrogen and oxygen atoms in total. The number of ether oxygens (including phenoxy) is 3. The first kappa shape index (κ1) is 39.4. The topological polar surface area (TPSA) is 182 Å². The second kappa shape index (κ2) is 15.7. The van der Waals surface area contributed by atoms with Crippen LogP contribution in [-0.4, -0.2) is 90.3 Å². The first-order valence-electron chi connectivity index (χ1n) is 20.8. The molecule has 57 heavy (non-hydrogen) atoms. The maximum atomic E-state index is 14.9. The highest BCUT2D eigenvalue weighted by Gasteiger charge is 2.62. The summed E-state index contributed by atoms with van der Waals surface area (Å²) >= 11 is 0. The molecule has 15 heteroatoms. The Morgan fingerprint density at radius 3 is 2.49 bits per heavy atom. The van der Waals surface area contributed by atoms with Crippen LogP contribution in [0.3, 0.4) is 0 Å². The smallest absolute Gasteiger partial charge is 0.408 e. The van der Waals surface area contributed by atoms with Crippen LogP contribution >= 0.6 is 0 Å². The average molecular weight is 806 g/mol. The zero-order valence-corrected chi connectivity index (χ0v) is 33.8. The number of carbonyl (C=O) groups is 4. The van der Waals surface area contributed by atoms with Crippen molar-refractivity contribution in [2.75, 3.05) is 13.2 Å². The Balaban J connectivity index is 1.10. The highest BCUT2D eigenvalue weighted by molar-refractivity contribution is 7.91. The minimum absolute atomic E-state index is 0.00108. The molecule has 0 radical (unpaired) electrons. The van der Waals surface area contributed by atoms with E-state index in [0.29, 0.717) is 61.1 Å². The molecule has 1 saturated heterocycles. The van der Waals surface area contributed by atoms with Crippen molar-refractivity contribution >= 4 is 44.6 Å². The lowest BCUT2D eigenvalue weighted by atomic mass is 9.88. The number of rotatable bonds is 10. The van der Waals surface area contributed by atoms with Gasteiger partial charge in [-0.05, 0) is 93.9 Å². The molecule has 2 aromatic rings. The third-order valence-corrected chi connectivity index (χ3v) is 14.6. The summed E-state index contributed by atoms with van der Waals surface area (Å²) in [6.45, 7) is 6.58. The zero-order valence-electron chi connectivity index (χ0n) is 33.0. The van der Waals surface area contributed by atoms with Gasteiger partial charge in [0.2, 0.25) is 27.7 Å². The number of allylic oxidation sites excluding steroid dienone is 1. The van der Waals surface area contributed by atoms with Gasteiger partial charge in [0.25, 0.3) is 5.91 Å². The molecule has 0 spiro atoms. The number of hydrogen-bond acceptors (Lipinski definition) is 10. The number of nitrogens with zero attached hydrogens (tertiary/aromatic N) is 2. The fourth-order valence-corrected chi connectivity index (χ4v) is 10.6. The molecule has 0 bridgehead atoms. The molecule has 9 unspecified atom stereocenters. The van der Waals surface area contributed by atoms with E-state index in [9.17, 15) is 27.6 Å². The summed E-state index contributed by atoms with van der Waals surface area (Å²) in [5.41, 5.74) is -1.50. The Kier molecular flexibility index (Phi) is 10.9. The van der Waals surface area contributed by atoms with Gasteiger partial charge in [0.1, 0.15) is 35.6 Å². The lowest BCUT2D eigenvalue weighted by molar-refractivity contribution is -0.142. The van der Waals surface area contributed by atoms with Gasteiger partial charge >= 0.3 is 6.09 Å². The SMILES string of the molecule is CCCOc1cnc(OC2CC3C(=O)NC4(C(=O)NS(=O)(=O)C5CC5)CC4C=CCCC(C)CC(C)C(NC(=O)OC4CC5CC5C4)C(=O)N3C2)c2ccccc12. The van der Waals surface area contributed by atoms with E-state index in [1.54, 1.807) is 6.20 Å². The standard InChI is InChI=1S/C42H55N5O9S/c1-4-15-54-35-22-43-38(33-12-8-7-11-32(33)35)55-30-20-34-37(48)45-42(40(50)46-57(52,53)31-13-14-31)21-28(42)10-6-5-9-24(2)16-25(3)36(39(49)47(34)23-30)44-41(51)56-29-18-26-17-27(26)19-29/h6-8,10-12,22,24-31,34,36H,4-5,9,13-21,23H2,1-3H3,(H,44,51)(H,45,48)(H,46,50). The Bertz CT molecular complexity index is 2030. The molecule has 4 amide bonds. The third-order valence-electron chi connectivity index (χ3n) is 12.8. The van der Waals surface area contributed by atoms with Crippen LogP contribution in [-0.2, 0) is 29.1 Å². The monoisotopic (exact) mass is 805 g/mol. The largest absolute Gasteiger partial charge is 0.491 e. The molecule has 308 valence electrons. The molecule has 1 aromatic carbocycles. The van der Waals surface area contributed by atoms with Crippen LogP contribution in [0.15, 0.2) is 42.6 Å². The summed E-state index contributed by atoms with van der Waals surface area (Å²) in [5, 5.41) is 6.73. The van der Waals surface area contributed by atoms with E-state index >= 15 is 0 Å². The van der Waals surface area contributed by atoms with Crippen LogP contribution < -0.4 is 24.8 Å². The van der Waals surface area contributed by atoms with Gasteiger partial charge in [-0.1, -0.05) is 51.1 Å². The molecule has 9 atom stereocenters. The number of alkyl carbamates (subject to hydrolysis) is 1. The number of hydrogen-bond donors (Lipinski definition) is 3. The number of nitrogens with one attached hydrogen (secondary N) is 3. The summed E-state index contributed by atoms with van der Waals surface area (Å²) in [6, 6.07) is 5.46. The van der Waals surface area contributed by atoms with Crippen LogP contribution in [0, 0.1) is 29.6 Å². The predicted octanol–water partition coefficient (Wildman–Crippen LogP) is 4.76. The van der Waals surface area contributed by atoms with Crippen LogP contribution in [0.2, 0.25) is 0 Å². The van der Waals surface area contributed by atoms with Crippen molar-refractivity contribution in [2.45, 2.75) is 126 Å². The molecule has 6 aliphatic rings. The van der Waals surface area contributed by atoms with Crippen molar-refractivity contribution in [3.8, 4) is 11.6 Å². The number of aromatic nitrogens is 1. The number of fused-ring (bicyclic) bond motifs is 4. The maximum absolute atomic E-state index is 14.9. The molecule has 4 aliphatic carbocycles. The Labute approximate surface area is 334 Å². The number of benzene rings is 1. The lowest BCUT2D eigenvalue weighted by Crippen LogP contribution is -2.59. The normalized spacial score (nSPS) is 33.8. The molecule has 8 rings (SSSR count). The van der Waals surface area contributed by atoms with E-state index in [4.69, 9.17) is 14.2 Å². The first-order chi connectivity index (χ1) is 27.3. The van der Waals surface area contributed by atoms with Crippen molar-refractivity contribution in [3.63, 3.8) is 0 Å². The first-order valence-corrected chi connectivity index (χ1v) is 22.4. The van der Waals surface area contributed by atoms with Crippen molar-refractivity contribution in [1.82, 2.24) is 25.2 Å². The second-order valence-electron chi connectivity index (χ2n) is 17.5. The van der Waals surface area contributed by atoms with Gasteiger partial charge in [0.05, 0.1) is 24.6 Å². The van der Waals surface area contributed by atoms with Crippen molar-refractivity contribution < 1.29 is 41.8 Å². The third kappa shape index (κ3) is 8.45. The fraction of sp³-hybridized carbons (Fsp3) is 0.643. The van der Waals surface area contributed by atoms with Gasteiger partial charge in [-0.2, -0.15) is 0 Å². The summed E-state index contributed by atoms with van der Waals surface area (Å²) in [4.78, 5) is 62.8. The van der Waals surface area contributed by atoms with E-state index in [1.807, 2.05) is 50.3 Å².